The maximum atomic E-state index is 10.8. The quantitative estimate of drug-likeness (QED) is 0.188. The number of para-hydroxylation sites is 1. The fourth-order valence-corrected chi connectivity index (χ4v) is 8.09. The van der Waals surface area contributed by atoms with E-state index in [0.717, 1.165) is 48.4 Å². The molecular weight excluding hydrogens is 633 g/mol. The van der Waals surface area contributed by atoms with Crippen molar-refractivity contribution in [1.29, 1.82) is 15.8 Å². The Kier molecular flexibility index (Phi) is 6.71. The summed E-state index contributed by atoms with van der Waals surface area (Å²) in [6.07, 6.45) is 0. The summed E-state index contributed by atoms with van der Waals surface area (Å²) in [5.41, 5.74) is 6.05. The number of thiophene rings is 1. The molecule has 9 aromatic rings. The van der Waals surface area contributed by atoms with Crippen molar-refractivity contribution in [2.45, 2.75) is 0 Å². The summed E-state index contributed by atoms with van der Waals surface area (Å²) in [5.74, 6) is 0.439. The zero-order valence-electron chi connectivity index (χ0n) is 26.3. The highest BCUT2D eigenvalue weighted by molar-refractivity contribution is 7.26. The van der Waals surface area contributed by atoms with Crippen LogP contribution in [0.2, 0.25) is 0 Å². The van der Waals surface area contributed by atoms with Gasteiger partial charge in [-0.15, -0.1) is 11.3 Å². The molecule has 0 amide bonds. The molecule has 0 spiro atoms. The van der Waals surface area contributed by atoms with Crippen LogP contribution in [-0.4, -0.2) is 14.5 Å². The van der Waals surface area contributed by atoms with Crippen molar-refractivity contribution in [2.24, 2.45) is 0 Å². The highest BCUT2D eigenvalue weighted by Crippen LogP contribution is 2.44. The highest BCUT2D eigenvalue weighted by atomic mass is 32.1. The molecule has 7 heteroatoms. The first-order valence-corrected chi connectivity index (χ1v) is 16.8. The van der Waals surface area contributed by atoms with E-state index in [4.69, 9.17) is 9.97 Å². The van der Waals surface area contributed by atoms with Gasteiger partial charge in [-0.2, -0.15) is 15.8 Å². The predicted octanol–water partition coefficient (Wildman–Crippen LogP) is 10.6. The van der Waals surface area contributed by atoms with Crippen molar-refractivity contribution in [3.63, 3.8) is 0 Å². The summed E-state index contributed by atoms with van der Waals surface area (Å²) in [6, 6.07) is 50.5. The van der Waals surface area contributed by atoms with Gasteiger partial charge in [0, 0.05) is 47.6 Å². The summed E-state index contributed by atoms with van der Waals surface area (Å²) in [7, 11) is 0. The van der Waals surface area contributed by atoms with Gasteiger partial charge in [-0.05, 0) is 30.3 Å². The first-order valence-electron chi connectivity index (χ1n) is 15.9. The van der Waals surface area contributed by atoms with Crippen LogP contribution in [0.25, 0.3) is 81.6 Å². The third kappa shape index (κ3) is 4.38. The zero-order chi connectivity index (χ0) is 33.8. The maximum Gasteiger partial charge on any atom is 0.160 e. The number of hydrogen-bond donors (Lipinski definition) is 0. The molecular formula is C43H22N6S. The van der Waals surface area contributed by atoms with Crippen LogP contribution in [0.4, 0.5) is 0 Å². The Labute approximate surface area is 290 Å². The minimum absolute atomic E-state index is 0.264. The second-order valence-corrected chi connectivity index (χ2v) is 13.0. The van der Waals surface area contributed by atoms with Crippen LogP contribution in [0.1, 0.15) is 16.7 Å². The lowest BCUT2D eigenvalue weighted by molar-refractivity contribution is 1.15. The number of nitrogens with zero attached hydrogens (tertiary/aromatic N) is 6. The van der Waals surface area contributed by atoms with Gasteiger partial charge in [0.2, 0.25) is 0 Å². The van der Waals surface area contributed by atoms with Gasteiger partial charge in [0.05, 0.1) is 39.2 Å². The molecule has 50 heavy (non-hydrogen) atoms. The van der Waals surface area contributed by atoms with Gasteiger partial charge >= 0.3 is 0 Å². The number of nitriles is 3. The summed E-state index contributed by atoms with van der Waals surface area (Å²) in [6.45, 7) is 0. The number of rotatable bonds is 4. The van der Waals surface area contributed by atoms with Crippen LogP contribution in [0, 0.1) is 34.0 Å². The smallest absolute Gasteiger partial charge is 0.160 e. The fourth-order valence-electron chi connectivity index (χ4n) is 6.98. The molecule has 6 nitrogen and oxygen atoms in total. The Hall–Kier alpha value is -7.11. The molecule has 0 aliphatic carbocycles. The average Bonchev–Trinajstić information content (AvgIpc) is 3.73. The number of benzene rings is 6. The van der Waals surface area contributed by atoms with E-state index in [1.54, 1.807) is 23.5 Å². The first kappa shape index (κ1) is 29.1. The molecule has 9 rings (SSSR count). The fraction of sp³-hybridized carbons (Fsp3) is 0. The third-order valence-electron chi connectivity index (χ3n) is 9.12. The van der Waals surface area contributed by atoms with Gasteiger partial charge in [-0.25, -0.2) is 9.97 Å². The molecule has 230 valence electrons. The first-order chi connectivity index (χ1) is 24.7. The Morgan fingerprint density at radius 1 is 0.520 bits per heavy atom. The molecule has 0 atom stereocenters. The SMILES string of the molecule is N#Cc1cc(-c2nc(-c3ccccc3)nc(-c3ccccc3)c2C#N)cc(C#N)c1-n1c2ccccc2c2ccc3sc4ccccc4c3c21. The van der Waals surface area contributed by atoms with E-state index in [2.05, 4.69) is 53.1 Å². The molecule has 0 saturated carbocycles. The number of hydrogen-bond acceptors (Lipinski definition) is 6. The minimum Gasteiger partial charge on any atom is -0.306 e. The molecule has 0 radical (unpaired) electrons. The Bertz CT molecular complexity index is 2920. The number of fused-ring (bicyclic) bond motifs is 7. The monoisotopic (exact) mass is 654 g/mol. The topological polar surface area (TPSA) is 102 Å². The summed E-state index contributed by atoms with van der Waals surface area (Å²) in [5, 5.41) is 36.5. The lowest BCUT2D eigenvalue weighted by atomic mass is 9.96. The van der Waals surface area contributed by atoms with Crippen LogP contribution >= 0.6 is 11.3 Å². The van der Waals surface area contributed by atoms with E-state index < -0.39 is 0 Å². The minimum atomic E-state index is 0.264. The van der Waals surface area contributed by atoms with Crippen LogP contribution in [-0.2, 0) is 0 Å². The molecule has 3 heterocycles. The average molecular weight is 655 g/mol. The molecule has 0 bridgehead atoms. The summed E-state index contributed by atoms with van der Waals surface area (Å²) < 4.78 is 4.36. The Balaban J connectivity index is 1.38. The standard InChI is InChI=1S/C43H22N6S/c44-23-29-21-28(40-34(25-46)39(26-11-3-1-4-12-26)47-43(48-40)27-13-5-2-6-14-27)22-30(24-45)41(29)49-35-17-9-7-15-31(35)32-19-20-37-38(42(32)49)33-16-8-10-18-36(33)50-37/h1-22H. The van der Waals surface area contributed by atoms with E-state index in [1.807, 2.05) is 91.0 Å². The number of aromatic nitrogens is 3. The van der Waals surface area contributed by atoms with Gasteiger partial charge in [0.25, 0.3) is 0 Å². The molecule has 0 fully saturated rings. The van der Waals surface area contributed by atoms with Crippen molar-refractivity contribution in [1.82, 2.24) is 14.5 Å². The normalized spacial score (nSPS) is 11.1. The van der Waals surface area contributed by atoms with Gasteiger partial charge in [0.1, 0.15) is 23.8 Å². The predicted molar refractivity (Wildman–Crippen MR) is 200 cm³/mol. The molecule has 3 aromatic heterocycles. The van der Waals surface area contributed by atoms with E-state index >= 15 is 0 Å². The van der Waals surface area contributed by atoms with Crippen molar-refractivity contribution < 1.29 is 0 Å². The Morgan fingerprint density at radius 3 is 1.80 bits per heavy atom. The van der Waals surface area contributed by atoms with Gasteiger partial charge < -0.3 is 4.57 Å². The third-order valence-corrected chi connectivity index (χ3v) is 10.3. The molecule has 6 aromatic carbocycles. The van der Waals surface area contributed by atoms with Crippen LogP contribution in [0.5, 0.6) is 0 Å². The lowest BCUT2D eigenvalue weighted by Crippen LogP contribution is -2.05. The van der Waals surface area contributed by atoms with Crippen molar-refractivity contribution in [2.75, 3.05) is 0 Å². The molecule has 0 saturated heterocycles. The van der Waals surface area contributed by atoms with Crippen LogP contribution < -0.4 is 0 Å². The highest BCUT2D eigenvalue weighted by Gasteiger charge is 2.25. The van der Waals surface area contributed by atoms with Gasteiger partial charge in [-0.3, -0.25) is 0 Å². The molecule has 0 aliphatic rings. The zero-order valence-corrected chi connectivity index (χ0v) is 27.1. The summed E-state index contributed by atoms with van der Waals surface area (Å²) >= 11 is 1.72. The van der Waals surface area contributed by atoms with Gasteiger partial charge in [0.15, 0.2) is 5.82 Å². The van der Waals surface area contributed by atoms with E-state index in [-0.39, 0.29) is 5.56 Å². The molecule has 0 unspecified atom stereocenters. The van der Waals surface area contributed by atoms with Crippen LogP contribution in [0.15, 0.2) is 133 Å². The van der Waals surface area contributed by atoms with Crippen molar-refractivity contribution >= 4 is 53.3 Å². The largest absolute Gasteiger partial charge is 0.306 e. The Morgan fingerprint density at radius 2 is 1.12 bits per heavy atom. The van der Waals surface area contributed by atoms with Gasteiger partial charge in [-0.1, -0.05) is 103 Å². The molecule has 0 aliphatic heterocycles. The second kappa shape index (κ2) is 11.5. The maximum absolute atomic E-state index is 10.8. The van der Waals surface area contributed by atoms with Crippen LogP contribution in [0.3, 0.4) is 0 Å². The van der Waals surface area contributed by atoms with E-state index in [9.17, 15) is 15.8 Å². The lowest BCUT2D eigenvalue weighted by Gasteiger charge is -2.16. The van der Waals surface area contributed by atoms with E-state index in [1.165, 1.54) is 4.70 Å². The summed E-state index contributed by atoms with van der Waals surface area (Å²) in [4.78, 5) is 9.79. The van der Waals surface area contributed by atoms with E-state index in [0.29, 0.717) is 39.6 Å². The van der Waals surface area contributed by atoms with Crippen molar-refractivity contribution in [3.05, 3.63) is 150 Å². The molecule has 0 N–H and O–H groups in total. The second-order valence-electron chi connectivity index (χ2n) is 11.9. The van der Waals surface area contributed by atoms with Crippen molar-refractivity contribution in [3.8, 4) is 57.8 Å².